The summed E-state index contributed by atoms with van der Waals surface area (Å²) in [4.78, 5) is 20.3. The van der Waals surface area contributed by atoms with E-state index in [0.717, 1.165) is 37.0 Å². The standard InChI is InChI=1S/C25H29N3O3S2/c1-18-6-8-21(9-7-18)33(30,31)28-16-12-20(13-17-28)25(29)27-14-10-19(11-15-27)24-26-22-4-2-3-5-23(22)32-24/h2-9,19-20H,10-17H2,1H3. The number of likely N-dealkylation sites (tertiary alicyclic amines) is 1. The SMILES string of the molecule is Cc1ccc(S(=O)(=O)N2CCC(C(=O)N3CCC(c4nc5ccccc5s4)CC3)CC2)cc1. The number of hydrogen-bond acceptors (Lipinski definition) is 5. The van der Waals surface area contributed by atoms with E-state index in [-0.39, 0.29) is 11.8 Å². The Morgan fingerprint density at radius 3 is 2.27 bits per heavy atom. The van der Waals surface area contributed by atoms with Crippen molar-refractivity contribution in [1.29, 1.82) is 0 Å². The fraction of sp³-hybridized carbons (Fsp3) is 0.440. The molecular formula is C25H29N3O3S2. The van der Waals surface area contributed by atoms with Crippen molar-refractivity contribution in [3.8, 4) is 0 Å². The van der Waals surface area contributed by atoms with Gasteiger partial charge in [0, 0.05) is 38.0 Å². The van der Waals surface area contributed by atoms with Crippen molar-refractivity contribution < 1.29 is 13.2 Å². The highest BCUT2D eigenvalue weighted by Gasteiger charge is 2.35. The predicted octanol–water partition coefficient (Wildman–Crippen LogP) is 4.41. The number of hydrogen-bond donors (Lipinski definition) is 0. The number of aromatic nitrogens is 1. The van der Waals surface area contributed by atoms with Crippen LogP contribution in [0.25, 0.3) is 10.2 Å². The number of piperidine rings is 2. The molecule has 174 valence electrons. The molecule has 6 nitrogen and oxygen atoms in total. The maximum absolute atomic E-state index is 13.1. The highest BCUT2D eigenvalue weighted by Crippen LogP contribution is 2.35. The molecule has 1 aromatic heterocycles. The van der Waals surface area contributed by atoms with Crippen molar-refractivity contribution >= 4 is 37.5 Å². The Morgan fingerprint density at radius 2 is 1.61 bits per heavy atom. The summed E-state index contributed by atoms with van der Waals surface area (Å²) in [6.07, 6.45) is 3.04. The molecule has 0 atom stereocenters. The fourth-order valence-corrected chi connectivity index (χ4v) is 7.48. The van der Waals surface area contributed by atoms with Gasteiger partial charge in [-0.25, -0.2) is 13.4 Å². The van der Waals surface area contributed by atoms with Gasteiger partial charge < -0.3 is 4.90 Å². The van der Waals surface area contributed by atoms with Gasteiger partial charge in [0.15, 0.2) is 0 Å². The number of nitrogens with zero attached hydrogens (tertiary/aromatic N) is 3. The second kappa shape index (κ2) is 9.16. The first-order chi connectivity index (χ1) is 15.9. The Labute approximate surface area is 199 Å². The molecule has 0 bridgehead atoms. The number of aryl methyl sites for hydroxylation is 1. The van der Waals surface area contributed by atoms with Gasteiger partial charge in [-0.15, -0.1) is 11.3 Å². The Kier molecular flexibility index (Phi) is 6.24. The van der Waals surface area contributed by atoms with E-state index >= 15 is 0 Å². The van der Waals surface area contributed by atoms with Gasteiger partial charge in [0.1, 0.15) is 0 Å². The number of amides is 1. The molecule has 2 fully saturated rings. The van der Waals surface area contributed by atoms with Crippen molar-refractivity contribution in [3.05, 3.63) is 59.1 Å². The molecule has 8 heteroatoms. The van der Waals surface area contributed by atoms with Crippen LogP contribution in [0.1, 0.15) is 42.2 Å². The first kappa shape index (κ1) is 22.5. The minimum atomic E-state index is -3.50. The van der Waals surface area contributed by atoms with Crippen LogP contribution in [-0.2, 0) is 14.8 Å². The Balaban J connectivity index is 1.16. The molecule has 5 rings (SSSR count). The maximum atomic E-state index is 13.1. The van der Waals surface area contributed by atoms with E-state index in [1.807, 2.05) is 36.1 Å². The van der Waals surface area contributed by atoms with E-state index in [1.54, 1.807) is 23.5 Å². The molecule has 33 heavy (non-hydrogen) atoms. The van der Waals surface area contributed by atoms with Crippen molar-refractivity contribution in [2.24, 2.45) is 5.92 Å². The number of sulfonamides is 1. The van der Waals surface area contributed by atoms with Gasteiger partial charge >= 0.3 is 0 Å². The lowest BCUT2D eigenvalue weighted by atomic mass is 9.93. The molecule has 1 amide bonds. The molecule has 2 saturated heterocycles. The monoisotopic (exact) mass is 483 g/mol. The number of carbonyl (C=O) groups is 1. The third kappa shape index (κ3) is 4.56. The Hall–Kier alpha value is -2.29. The molecule has 2 aliphatic rings. The zero-order valence-electron chi connectivity index (χ0n) is 18.8. The molecule has 0 spiro atoms. The first-order valence-corrected chi connectivity index (χ1v) is 13.9. The van der Waals surface area contributed by atoms with E-state index in [4.69, 9.17) is 4.98 Å². The average Bonchev–Trinajstić information content (AvgIpc) is 3.28. The van der Waals surface area contributed by atoms with Crippen LogP contribution in [0.15, 0.2) is 53.4 Å². The van der Waals surface area contributed by atoms with Crippen molar-refractivity contribution in [2.75, 3.05) is 26.2 Å². The summed E-state index contributed by atoms with van der Waals surface area (Å²) >= 11 is 1.77. The zero-order valence-corrected chi connectivity index (χ0v) is 20.4. The molecule has 0 radical (unpaired) electrons. The van der Waals surface area contributed by atoms with E-state index in [9.17, 15) is 13.2 Å². The summed E-state index contributed by atoms with van der Waals surface area (Å²) in [5, 5.41) is 1.18. The van der Waals surface area contributed by atoms with Crippen LogP contribution in [0, 0.1) is 12.8 Å². The van der Waals surface area contributed by atoms with Gasteiger partial charge in [-0.05, 0) is 56.9 Å². The quantitative estimate of drug-likeness (QED) is 0.551. The summed E-state index contributed by atoms with van der Waals surface area (Å²) in [6.45, 7) is 4.24. The summed E-state index contributed by atoms with van der Waals surface area (Å²) in [5.74, 6) is 0.506. The van der Waals surface area contributed by atoms with Crippen LogP contribution in [-0.4, -0.2) is 54.7 Å². The summed E-state index contributed by atoms with van der Waals surface area (Å²) < 4.78 is 28.6. The second-order valence-corrected chi connectivity index (χ2v) is 12.1. The average molecular weight is 484 g/mol. The van der Waals surface area contributed by atoms with Gasteiger partial charge in [0.05, 0.1) is 20.1 Å². The number of para-hydroxylation sites is 1. The minimum Gasteiger partial charge on any atom is -0.342 e. The van der Waals surface area contributed by atoms with Gasteiger partial charge in [-0.3, -0.25) is 4.79 Å². The van der Waals surface area contributed by atoms with E-state index in [0.29, 0.717) is 36.7 Å². The zero-order chi connectivity index (χ0) is 23.0. The largest absolute Gasteiger partial charge is 0.342 e. The van der Waals surface area contributed by atoms with E-state index in [1.165, 1.54) is 14.0 Å². The number of fused-ring (bicyclic) bond motifs is 1. The first-order valence-electron chi connectivity index (χ1n) is 11.6. The number of carbonyl (C=O) groups excluding carboxylic acids is 1. The predicted molar refractivity (Wildman–Crippen MR) is 131 cm³/mol. The van der Waals surface area contributed by atoms with Crippen LogP contribution in [0.4, 0.5) is 0 Å². The molecule has 0 unspecified atom stereocenters. The topological polar surface area (TPSA) is 70.6 Å². The van der Waals surface area contributed by atoms with Crippen LogP contribution in [0.3, 0.4) is 0 Å². The van der Waals surface area contributed by atoms with Gasteiger partial charge in [0.2, 0.25) is 15.9 Å². The van der Waals surface area contributed by atoms with Crippen LogP contribution < -0.4 is 0 Å². The third-order valence-electron chi connectivity index (χ3n) is 6.93. The molecule has 0 saturated carbocycles. The maximum Gasteiger partial charge on any atom is 0.243 e. The lowest BCUT2D eigenvalue weighted by Crippen LogP contribution is -2.46. The highest BCUT2D eigenvalue weighted by molar-refractivity contribution is 7.89. The van der Waals surface area contributed by atoms with Gasteiger partial charge in [0.25, 0.3) is 0 Å². The highest BCUT2D eigenvalue weighted by atomic mass is 32.2. The number of rotatable bonds is 4. The Bertz CT molecular complexity index is 1200. The van der Waals surface area contributed by atoms with E-state index < -0.39 is 10.0 Å². The van der Waals surface area contributed by atoms with Gasteiger partial charge in [-0.1, -0.05) is 29.8 Å². The lowest BCUT2D eigenvalue weighted by Gasteiger charge is -2.36. The van der Waals surface area contributed by atoms with Gasteiger partial charge in [-0.2, -0.15) is 4.31 Å². The number of benzene rings is 2. The van der Waals surface area contributed by atoms with Crippen molar-refractivity contribution in [2.45, 2.75) is 43.4 Å². The lowest BCUT2D eigenvalue weighted by molar-refractivity contribution is -0.137. The fourth-order valence-electron chi connectivity index (χ4n) is 4.87. The second-order valence-electron chi connectivity index (χ2n) is 9.11. The molecule has 0 N–H and O–H groups in total. The third-order valence-corrected chi connectivity index (χ3v) is 10.0. The molecule has 3 aromatic rings. The summed E-state index contributed by atoms with van der Waals surface area (Å²) in [5.41, 5.74) is 2.09. The summed E-state index contributed by atoms with van der Waals surface area (Å²) in [6, 6.07) is 15.2. The normalized spacial score (nSPS) is 19.2. The van der Waals surface area contributed by atoms with Crippen LogP contribution in [0.5, 0.6) is 0 Å². The van der Waals surface area contributed by atoms with E-state index in [2.05, 4.69) is 12.1 Å². The smallest absolute Gasteiger partial charge is 0.243 e. The summed E-state index contributed by atoms with van der Waals surface area (Å²) in [7, 11) is -3.50. The van der Waals surface area contributed by atoms with Crippen molar-refractivity contribution in [3.63, 3.8) is 0 Å². The Morgan fingerprint density at radius 1 is 0.939 bits per heavy atom. The minimum absolute atomic E-state index is 0.0894. The van der Waals surface area contributed by atoms with Crippen LogP contribution >= 0.6 is 11.3 Å². The molecule has 2 aromatic carbocycles. The molecule has 2 aliphatic heterocycles. The molecular weight excluding hydrogens is 454 g/mol. The molecule has 3 heterocycles. The van der Waals surface area contributed by atoms with Crippen molar-refractivity contribution in [1.82, 2.24) is 14.2 Å². The van der Waals surface area contributed by atoms with Crippen LogP contribution in [0.2, 0.25) is 0 Å². The molecule has 0 aliphatic carbocycles. The number of thiazole rings is 1.